The molecule has 1 aliphatic heterocycles. The van der Waals surface area contributed by atoms with Crippen molar-refractivity contribution in [1.29, 1.82) is 0 Å². The molecule has 1 fully saturated rings. The molecule has 0 aromatic heterocycles. The van der Waals surface area contributed by atoms with Gasteiger partial charge in [-0.25, -0.2) is 5.43 Å². The van der Waals surface area contributed by atoms with Crippen molar-refractivity contribution in [3.8, 4) is 17.2 Å². The van der Waals surface area contributed by atoms with Gasteiger partial charge in [0.1, 0.15) is 6.17 Å². The minimum absolute atomic E-state index is 0.00284. The third kappa shape index (κ3) is 5.42. The first kappa shape index (κ1) is 23.2. The average Bonchev–Trinajstić information content (AvgIpc) is 3.10. The van der Waals surface area contributed by atoms with Crippen molar-refractivity contribution in [1.82, 2.24) is 16.2 Å². The fourth-order valence-corrected chi connectivity index (χ4v) is 3.95. The van der Waals surface area contributed by atoms with Gasteiger partial charge in [-0.15, -0.1) is 0 Å². The number of hydrogen-bond acceptors (Lipinski definition) is 6. The summed E-state index contributed by atoms with van der Waals surface area (Å²) in [6.45, 7) is 9.06. The summed E-state index contributed by atoms with van der Waals surface area (Å²) in [4.78, 5) is 13.2. The lowest BCUT2D eigenvalue weighted by Crippen LogP contribution is -2.46. The molecule has 3 rings (SSSR count). The van der Waals surface area contributed by atoms with Crippen LogP contribution in [0.4, 0.5) is 0 Å². The Bertz CT molecular complexity index is 881. The van der Waals surface area contributed by atoms with Gasteiger partial charge in [0, 0.05) is 22.5 Å². The summed E-state index contributed by atoms with van der Waals surface area (Å²) >= 11 is 6.19. The zero-order chi connectivity index (χ0) is 22.4. The van der Waals surface area contributed by atoms with E-state index >= 15 is 0 Å². The Balaban J connectivity index is 1.88. The summed E-state index contributed by atoms with van der Waals surface area (Å²) in [7, 11) is 0. The number of hydrogen-bond donors (Lipinski definition) is 3. The maximum atomic E-state index is 13.2. The molecule has 0 spiro atoms. The lowest BCUT2D eigenvalue weighted by Gasteiger charge is -2.23. The molecule has 2 aromatic rings. The second kappa shape index (κ2) is 10.7. The van der Waals surface area contributed by atoms with Gasteiger partial charge in [0.05, 0.1) is 19.8 Å². The standard InChI is InChI=1S/C23H30ClN3O4/c1-5-29-18-12-16(13-19(30-6-2)21(18)31-7-3)23(28)25-22-20(14(4)26-27-22)15-9-8-10-17(24)11-15/h8-14,20,22,26-27H,5-7H2,1-4H3,(H,25,28). The van der Waals surface area contributed by atoms with E-state index in [2.05, 4.69) is 23.1 Å². The molecule has 1 saturated heterocycles. The summed E-state index contributed by atoms with van der Waals surface area (Å²) < 4.78 is 17.2. The van der Waals surface area contributed by atoms with E-state index < -0.39 is 0 Å². The highest BCUT2D eigenvalue weighted by Crippen LogP contribution is 2.39. The van der Waals surface area contributed by atoms with E-state index in [1.165, 1.54) is 0 Å². The molecule has 3 N–H and O–H groups in total. The molecule has 168 valence electrons. The summed E-state index contributed by atoms with van der Waals surface area (Å²) in [5.41, 5.74) is 7.85. The Kier molecular flexibility index (Phi) is 8.01. The van der Waals surface area contributed by atoms with E-state index in [0.717, 1.165) is 5.56 Å². The van der Waals surface area contributed by atoms with Crippen LogP contribution in [0.2, 0.25) is 5.02 Å². The molecule has 3 unspecified atom stereocenters. The van der Waals surface area contributed by atoms with Crippen LogP contribution in [0, 0.1) is 0 Å². The van der Waals surface area contributed by atoms with Gasteiger partial charge in [0.2, 0.25) is 5.75 Å². The first-order valence-corrected chi connectivity index (χ1v) is 11.0. The zero-order valence-electron chi connectivity index (χ0n) is 18.3. The predicted molar refractivity (Wildman–Crippen MR) is 121 cm³/mol. The summed E-state index contributed by atoms with van der Waals surface area (Å²) in [6, 6.07) is 11.2. The number of amides is 1. The zero-order valence-corrected chi connectivity index (χ0v) is 19.1. The Morgan fingerprint density at radius 3 is 2.23 bits per heavy atom. The molecular weight excluding hydrogens is 418 g/mol. The average molecular weight is 448 g/mol. The summed E-state index contributed by atoms with van der Waals surface area (Å²) in [5.74, 6) is 1.23. The maximum Gasteiger partial charge on any atom is 0.252 e. The normalized spacial score (nSPS) is 20.4. The SMILES string of the molecule is CCOc1cc(C(=O)NC2NNC(C)C2c2cccc(Cl)c2)cc(OCC)c1OCC. The molecule has 0 saturated carbocycles. The van der Waals surface area contributed by atoms with Crippen LogP contribution in [0.1, 0.15) is 49.5 Å². The Hall–Kier alpha value is -2.48. The predicted octanol–water partition coefficient (Wildman–Crippen LogP) is 3.87. The van der Waals surface area contributed by atoms with Crippen molar-refractivity contribution in [3.63, 3.8) is 0 Å². The molecule has 7 nitrogen and oxygen atoms in total. The molecule has 3 atom stereocenters. The number of ether oxygens (including phenoxy) is 3. The highest BCUT2D eigenvalue weighted by atomic mass is 35.5. The minimum atomic E-state index is -0.321. The van der Waals surface area contributed by atoms with E-state index in [1.54, 1.807) is 12.1 Å². The topological polar surface area (TPSA) is 80.9 Å². The molecule has 1 aliphatic rings. The van der Waals surface area contributed by atoms with Crippen LogP contribution in [0.25, 0.3) is 0 Å². The van der Waals surface area contributed by atoms with Crippen molar-refractivity contribution >= 4 is 17.5 Å². The second-order valence-electron chi connectivity index (χ2n) is 7.21. The van der Waals surface area contributed by atoms with Crippen molar-refractivity contribution < 1.29 is 19.0 Å². The van der Waals surface area contributed by atoms with Crippen molar-refractivity contribution in [2.75, 3.05) is 19.8 Å². The maximum absolute atomic E-state index is 13.2. The van der Waals surface area contributed by atoms with Crippen LogP contribution in [0.5, 0.6) is 17.2 Å². The molecule has 0 bridgehead atoms. The Labute approximate surface area is 188 Å². The molecule has 31 heavy (non-hydrogen) atoms. The first-order valence-electron chi connectivity index (χ1n) is 10.6. The van der Waals surface area contributed by atoms with Gasteiger partial charge in [-0.1, -0.05) is 23.7 Å². The number of carbonyl (C=O) groups excluding carboxylic acids is 1. The highest BCUT2D eigenvalue weighted by molar-refractivity contribution is 6.30. The number of nitrogens with one attached hydrogen (secondary N) is 3. The first-order chi connectivity index (χ1) is 15.0. The van der Waals surface area contributed by atoms with Gasteiger partial charge in [-0.05, 0) is 57.5 Å². The quantitative estimate of drug-likeness (QED) is 0.541. The fourth-order valence-electron chi connectivity index (χ4n) is 3.75. The summed E-state index contributed by atoms with van der Waals surface area (Å²) in [6.07, 6.45) is -0.321. The molecule has 0 radical (unpaired) electrons. The van der Waals surface area contributed by atoms with Crippen LogP contribution in [0.15, 0.2) is 36.4 Å². The molecule has 2 aromatic carbocycles. The molecule has 1 heterocycles. The molecule has 8 heteroatoms. The monoisotopic (exact) mass is 447 g/mol. The number of benzene rings is 2. The lowest BCUT2D eigenvalue weighted by atomic mass is 9.91. The van der Waals surface area contributed by atoms with Crippen LogP contribution >= 0.6 is 11.6 Å². The van der Waals surface area contributed by atoms with Gasteiger partial charge in [-0.3, -0.25) is 10.2 Å². The van der Waals surface area contributed by atoms with E-state index in [0.29, 0.717) is 47.7 Å². The smallest absolute Gasteiger partial charge is 0.252 e. The Morgan fingerprint density at radius 2 is 1.65 bits per heavy atom. The third-order valence-corrected chi connectivity index (χ3v) is 5.29. The Morgan fingerprint density at radius 1 is 1.00 bits per heavy atom. The van der Waals surface area contributed by atoms with Crippen LogP contribution in [-0.2, 0) is 0 Å². The highest BCUT2D eigenvalue weighted by Gasteiger charge is 2.35. The number of rotatable bonds is 9. The van der Waals surface area contributed by atoms with Crippen LogP contribution < -0.4 is 30.4 Å². The van der Waals surface area contributed by atoms with Crippen molar-refractivity contribution in [2.24, 2.45) is 0 Å². The van der Waals surface area contributed by atoms with E-state index in [9.17, 15) is 4.79 Å². The lowest BCUT2D eigenvalue weighted by molar-refractivity contribution is 0.0927. The van der Waals surface area contributed by atoms with Gasteiger partial charge in [-0.2, -0.15) is 0 Å². The van der Waals surface area contributed by atoms with Gasteiger partial charge < -0.3 is 19.5 Å². The molecule has 1 amide bonds. The number of hydrazine groups is 1. The van der Waals surface area contributed by atoms with E-state index in [-0.39, 0.29) is 24.0 Å². The second-order valence-corrected chi connectivity index (χ2v) is 7.65. The third-order valence-electron chi connectivity index (χ3n) is 5.06. The van der Waals surface area contributed by atoms with Gasteiger partial charge >= 0.3 is 0 Å². The minimum Gasteiger partial charge on any atom is -0.490 e. The number of halogens is 1. The largest absolute Gasteiger partial charge is 0.490 e. The number of carbonyl (C=O) groups is 1. The van der Waals surface area contributed by atoms with Crippen molar-refractivity contribution in [2.45, 2.75) is 45.8 Å². The van der Waals surface area contributed by atoms with E-state index in [1.807, 2.05) is 45.0 Å². The van der Waals surface area contributed by atoms with Gasteiger partial charge in [0.25, 0.3) is 5.91 Å². The molecule has 0 aliphatic carbocycles. The van der Waals surface area contributed by atoms with Crippen LogP contribution in [0.3, 0.4) is 0 Å². The van der Waals surface area contributed by atoms with Crippen molar-refractivity contribution in [3.05, 3.63) is 52.5 Å². The fraction of sp³-hybridized carbons (Fsp3) is 0.435. The summed E-state index contributed by atoms with van der Waals surface area (Å²) in [5, 5.41) is 3.74. The van der Waals surface area contributed by atoms with Crippen LogP contribution in [-0.4, -0.2) is 37.9 Å². The van der Waals surface area contributed by atoms with E-state index in [4.69, 9.17) is 25.8 Å². The van der Waals surface area contributed by atoms with Gasteiger partial charge in [0.15, 0.2) is 11.5 Å². The molecular formula is C23H30ClN3O4.